The predicted octanol–water partition coefficient (Wildman–Crippen LogP) is 6.85. The van der Waals surface area contributed by atoms with E-state index in [0.717, 1.165) is 12.1 Å². The molecule has 0 bridgehead atoms. The summed E-state index contributed by atoms with van der Waals surface area (Å²) in [5.41, 5.74) is 13.1. The Kier molecular flexibility index (Phi) is 9.75. The smallest absolute Gasteiger partial charge is 0.426 e. The van der Waals surface area contributed by atoms with Gasteiger partial charge in [-0.2, -0.15) is 22.0 Å². The van der Waals surface area contributed by atoms with Gasteiger partial charge in [0.25, 0.3) is 0 Å². The van der Waals surface area contributed by atoms with Crippen LogP contribution in [0.3, 0.4) is 0 Å². The van der Waals surface area contributed by atoms with Gasteiger partial charge in [0.2, 0.25) is 0 Å². The first kappa shape index (κ1) is 29.3. The van der Waals surface area contributed by atoms with Crippen LogP contribution in [0.2, 0.25) is 0 Å². The highest BCUT2D eigenvalue weighted by Crippen LogP contribution is 2.33. The molecule has 0 heterocycles. The van der Waals surface area contributed by atoms with E-state index in [1.807, 2.05) is 0 Å². The number of rotatable bonds is 12. The van der Waals surface area contributed by atoms with Gasteiger partial charge in [-0.3, -0.25) is 0 Å². The van der Waals surface area contributed by atoms with Crippen LogP contribution in [-0.4, -0.2) is 18.8 Å². The molecule has 0 saturated carbocycles. The van der Waals surface area contributed by atoms with Crippen molar-refractivity contribution in [1.82, 2.24) is 0 Å². The van der Waals surface area contributed by atoms with Gasteiger partial charge in [0.05, 0.1) is 12.2 Å². The second-order valence-corrected chi connectivity index (χ2v) is 8.53. The first-order valence-electron chi connectivity index (χ1n) is 11.9. The zero-order valence-corrected chi connectivity index (χ0v) is 20.7. The molecule has 0 atom stereocenters. The molecule has 0 unspecified atom stereocenters. The summed E-state index contributed by atoms with van der Waals surface area (Å²) in [7, 11) is 0. The number of nitrogen functional groups attached to an aromatic ring is 2. The molecule has 0 amide bonds. The lowest BCUT2D eigenvalue weighted by Crippen LogP contribution is -2.21. The molecule has 6 nitrogen and oxygen atoms in total. The summed E-state index contributed by atoms with van der Waals surface area (Å²) < 4.78 is 80.9. The van der Waals surface area contributed by atoms with E-state index < -0.39 is 30.2 Å². The molecule has 3 rings (SSSR count). The second kappa shape index (κ2) is 13.0. The standard InChI is InChI=1S/C28H27F5N2O4/c29-27(30,31)15-1-2-16-37-23-12-7-21(8-13-23)28(32,33)39-24-10-3-19(4-11-24)5-14-26(36)38-18-20-6-9-22(34)17-25(20)35/h3-14,17H,1-2,15-16,18,34-35H2/b14-5+. The van der Waals surface area contributed by atoms with Gasteiger partial charge in [-0.25, -0.2) is 4.79 Å². The molecule has 0 radical (unpaired) electrons. The van der Waals surface area contributed by atoms with E-state index in [9.17, 15) is 26.7 Å². The molecular formula is C28H27F5N2O4. The van der Waals surface area contributed by atoms with Crippen LogP contribution in [0.25, 0.3) is 6.08 Å². The summed E-state index contributed by atoms with van der Waals surface area (Å²) in [5, 5.41) is 0. The second-order valence-electron chi connectivity index (χ2n) is 8.53. The number of ether oxygens (including phenoxy) is 3. The van der Waals surface area contributed by atoms with E-state index in [1.165, 1.54) is 48.6 Å². The SMILES string of the molecule is Nc1ccc(COC(=O)/C=C/c2ccc(OC(F)(F)c3ccc(OCCCCC(F)(F)F)cc3)cc2)c(N)c1. The van der Waals surface area contributed by atoms with E-state index >= 15 is 0 Å². The molecule has 11 heteroatoms. The van der Waals surface area contributed by atoms with Gasteiger partial charge in [-0.15, -0.1) is 0 Å². The van der Waals surface area contributed by atoms with Gasteiger partial charge in [0.1, 0.15) is 18.1 Å². The minimum atomic E-state index is -4.22. The Morgan fingerprint density at radius 1 is 0.846 bits per heavy atom. The number of benzene rings is 3. The highest BCUT2D eigenvalue weighted by atomic mass is 19.4. The van der Waals surface area contributed by atoms with Crippen molar-refractivity contribution in [3.05, 3.63) is 89.5 Å². The fourth-order valence-electron chi connectivity index (χ4n) is 3.32. The van der Waals surface area contributed by atoms with Crippen LogP contribution < -0.4 is 20.9 Å². The number of alkyl halides is 5. The molecular weight excluding hydrogens is 523 g/mol. The van der Waals surface area contributed by atoms with Crippen LogP contribution in [0, 0.1) is 0 Å². The van der Waals surface area contributed by atoms with Crippen molar-refractivity contribution in [3.8, 4) is 11.5 Å². The summed E-state index contributed by atoms with van der Waals surface area (Å²) in [6, 6.07) is 15.3. The molecule has 3 aromatic carbocycles. The van der Waals surface area contributed by atoms with Crippen molar-refractivity contribution in [2.24, 2.45) is 0 Å². The Bertz CT molecular complexity index is 1260. The molecule has 0 aliphatic heterocycles. The van der Waals surface area contributed by atoms with Crippen molar-refractivity contribution in [1.29, 1.82) is 0 Å². The quantitative estimate of drug-likeness (QED) is 0.0842. The maximum atomic E-state index is 14.6. The van der Waals surface area contributed by atoms with Crippen LogP contribution in [0.5, 0.6) is 11.5 Å². The van der Waals surface area contributed by atoms with Crippen LogP contribution in [-0.2, 0) is 22.2 Å². The lowest BCUT2D eigenvalue weighted by molar-refractivity contribution is -0.185. The monoisotopic (exact) mass is 550 g/mol. The number of unbranched alkanes of at least 4 members (excludes halogenated alkanes) is 1. The Morgan fingerprint density at radius 3 is 2.15 bits per heavy atom. The fourth-order valence-corrected chi connectivity index (χ4v) is 3.32. The highest BCUT2D eigenvalue weighted by molar-refractivity contribution is 5.87. The van der Waals surface area contributed by atoms with Crippen molar-refractivity contribution in [2.45, 2.75) is 38.2 Å². The molecule has 3 aromatic rings. The summed E-state index contributed by atoms with van der Waals surface area (Å²) in [4.78, 5) is 12.0. The number of esters is 1. The number of hydrogen-bond donors (Lipinski definition) is 2. The average Bonchev–Trinajstić information content (AvgIpc) is 2.87. The zero-order chi connectivity index (χ0) is 28.5. The van der Waals surface area contributed by atoms with Crippen molar-refractivity contribution in [3.63, 3.8) is 0 Å². The maximum absolute atomic E-state index is 14.6. The van der Waals surface area contributed by atoms with Gasteiger partial charge in [0, 0.05) is 29.4 Å². The highest BCUT2D eigenvalue weighted by Gasteiger charge is 2.34. The van der Waals surface area contributed by atoms with Crippen molar-refractivity contribution >= 4 is 23.4 Å². The first-order valence-corrected chi connectivity index (χ1v) is 11.9. The normalized spacial score (nSPS) is 11.9. The minimum absolute atomic E-state index is 0.0355. The van der Waals surface area contributed by atoms with Crippen molar-refractivity contribution in [2.75, 3.05) is 18.1 Å². The van der Waals surface area contributed by atoms with E-state index in [0.29, 0.717) is 22.5 Å². The average molecular weight is 551 g/mol. The van der Waals surface area contributed by atoms with Crippen LogP contribution in [0.4, 0.5) is 33.3 Å². The third-order valence-corrected chi connectivity index (χ3v) is 5.39. The zero-order valence-electron chi connectivity index (χ0n) is 20.7. The number of carbonyl (C=O) groups excluding carboxylic acids is 1. The van der Waals surface area contributed by atoms with Crippen LogP contribution in [0.1, 0.15) is 36.0 Å². The summed E-state index contributed by atoms with van der Waals surface area (Å²) in [6.45, 7) is 0.00423. The Labute approximate surface area is 222 Å². The summed E-state index contributed by atoms with van der Waals surface area (Å²) >= 11 is 0. The van der Waals surface area contributed by atoms with Crippen molar-refractivity contribution < 1.29 is 41.0 Å². The third kappa shape index (κ3) is 9.84. The number of hydrogen-bond acceptors (Lipinski definition) is 6. The Hall–Kier alpha value is -4.28. The molecule has 0 aromatic heterocycles. The maximum Gasteiger partial charge on any atom is 0.426 e. The number of carbonyl (C=O) groups is 1. The molecule has 39 heavy (non-hydrogen) atoms. The van der Waals surface area contributed by atoms with E-state index in [4.69, 9.17) is 25.7 Å². The van der Waals surface area contributed by atoms with Crippen LogP contribution in [0.15, 0.2) is 72.8 Å². The molecule has 4 N–H and O–H groups in total. The molecule has 208 valence electrons. The van der Waals surface area contributed by atoms with Gasteiger partial charge in [-0.1, -0.05) is 18.2 Å². The molecule has 0 aliphatic carbocycles. The minimum Gasteiger partial charge on any atom is -0.494 e. The Balaban J connectivity index is 1.47. The fraction of sp³-hybridized carbons (Fsp3) is 0.250. The Morgan fingerprint density at radius 2 is 1.51 bits per heavy atom. The van der Waals surface area contributed by atoms with Gasteiger partial charge in [-0.05, 0) is 73.0 Å². The van der Waals surface area contributed by atoms with E-state index in [1.54, 1.807) is 18.2 Å². The van der Waals surface area contributed by atoms with E-state index in [-0.39, 0.29) is 37.6 Å². The molecule has 0 saturated heterocycles. The topological polar surface area (TPSA) is 96.8 Å². The first-order chi connectivity index (χ1) is 18.4. The van der Waals surface area contributed by atoms with E-state index in [2.05, 4.69) is 0 Å². The third-order valence-electron chi connectivity index (χ3n) is 5.39. The van der Waals surface area contributed by atoms with Gasteiger partial charge in [0.15, 0.2) is 0 Å². The number of halogens is 5. The number of nitrogens with two attached hydrogens (primary N) is 2. The molecule has 0 fully saturated rings. The van der Waals surface area contributed by atoms with Crippen LogP contribution >= 0.6 is 0 Å². The number of anilines is 2. The molecule has 0 spiro atoms. The lowest BCUT2D eigenvalue weighted by atomic mass is 10.2. The predicted molar refractivity (Wildman–Crippen MR) is 137 cm³/mol. The summed E-state index contributed by atoms with van der Waals surface area (Å²) in [6.07, 6.45) is -6.01. The lowest BCUT2D eigenvalue weighted by Gasteiger charge is -2.18. The van der Waals surface area contributed by atoms with Gasteiger partial charge >= 0.3 is 18.3 Å². The molecule has 0 aliphatic rings. The summed E-state index contributed by atoms with van der Waals surface area (Å²) in [5.74, 6) is -0.469. The van der Waals surface area contributed by atoms with Gasteiger partial charge < -0.3 is 25.7 Å². The largest absolute Gasteiger partial charge is 0.494 e.